The predicted molar refractivity (Wildman–Crippen MR) is 108 cm³/mol. The second-order valence-corrected chi connectivity index (χ2v) is 8.08. The molecule has 1 aliphatic carbocycles. The molecule has 0 saturated heterocycles. The number of aromatic nitrogens is 5. The lowest BCUT2D eigenvalue weighted by Gasteiger charge is -2.06. The van der Waals surface area contributed by atoms with E-state index in [1.54, 1.807) is 18.2 Å². The third-order valence-corrected chi connectivity index (χ3v) is 5.50. The number of carbonyl (C=O) groups excluding carboxylic acids is 1. The smallest absolute Gasteiger partial charge is 0.293 e. The molecule has 3 aromatic rings. The number of nitrogens with one attached hydrogen (secondary N) is 1. The fraction of sp³-hybridized carbons (Fsp3) is 0.368. The summed E-state index contributed by atoms with van der Waals surface area (Å²) in [4.78, 5) is 16.3. The maximum absolute atomic E-state index is 13.0. The summed E-state index contributed by atoms with van der Waals surface area (Å²) in [5.41, 5.74) is 0.436. The summed E-state index contributed by atoms with van der Waals surface area (Å²) in [6.07, 6.45) is -1.46. The van der Waals surface area contributed by atoms with Crippen LogP contribution in [0.15, 0.2) is 30.6 Å². The molecule has 12 heteroatoms. The van der Waals surface area contributed by atoms with Crippen LogP contribution in [0.1, 0.15) is 42.1 Å². The van der Waals surface area contributed by atoms with Gasteiger partial charge in [0, 0.05) is 18.0 Å². The fourth-order valence-corrected chi connectivity index (χ4v) is 3.43. The van der Waals surface area contributed by atoms with E-state index in [2.05, 4.69) is 20.5 Å². The number of anilines is 1. The molecule has 0 bridgehead atoms. The third kappa shape index (κ3) is 5.37. The number of hydrogen-bond donors (Lipinski definition) is 1. The normalized spacial score (nSPS) is 14.1. The number of carbonyl (C=O) groups is 1. The van der Waals surface area contributed by atoms with E-state index < -0.39 is 17.8 Å². The SMILES string of the molecule is O=C(CCn1nc(C(F)(F)F)cc1C1CC1)Nc1ncn(Cc2ccc(Cl)c(Cl)c2)n1. The van der Waals surface area contributed by atoms with Gasteiger partial charge in [-0.1, -0.05) is 29.3 Å². The highest BCUT2D eigenvalue weighted by Gasteiger charge is 2.37. The Morgan fingerprint density at radius 2 is 1.94 bits per heavy atom. The summed E-state index contributed by atoms with van der Waals surface area (Å²) in [6, 6.07) is 6.25. The van der Waals surface area contributed by atoms with Gasteiger partial charge in [0.15, 0.2) is 5.69 Å². The van der Waals surface area contributed by atoms with Crippen LogP contribution in [0.4, 0.5) is 19.1 Å². The standard InChI is InChI=1S/C19H17Cl2F3N6O/c20-13-4-1-11(7-14(13)21)9-29-10-25-18(28-29)26-17(31)5-6-30-15(12-2-3-12)8-16(27-30)19(22,23)24/h1,4,7-8,10,12H,2-3,5-6,9H2,(H,26,28,31). The lowest BCUT2D eigenvalue weighted by atomic mass is 10.2. The molecule has 0 radical (unpaired) electrons. The Hall–Kier alpha value is -2.59. The molecule has 1 aromatic carbocycles. The number of alkyl halides is 3. The molecule has 0 atom stereocenters. The van der Waals surface area contributed by atoms with Crippen molar-refractivity contribution in [1.82, 2.24) is 24.5 Å². The minimum Gasteiger partial charge on any atom is -0.293 e. The largest absolute Gasteiger partial charge is 0.435 e. The van der Waals surface area contributed by atoms with E-state index in [1.165, 1.54) is 15.7 Å². The van der Waals surface area contributed by atoms with Gasteiger partial charge in [0.05, 0.1) is 23.1 Å². The second kappa shape index (κ2) is 8.51. The van der Waals surface area contributed by atoms with Crippen molar-refractivity contribution < 1.29 is 18.0 Å². The van der Waals surface area contributed by atoms with Crippen LogP contribution in [0.3, 0.4) is 0 Å². The number of nitrogens with zero attached hydrogens (tertiary/aromatic N) is 5. The minimum absolute atomic E-state index is 0.0394. The number of amides is 1. The maximum atomic E-state index is 13.0. The zero-order chi connectivity index (χ0) is 22.2. The molecule has 7 nitrogen and oxygen atoms in total. The Balaban J connectivity index is 1.34. The van der Waals surface area contributed by atoms with E-state index in [0.29, 0.717) is 22.3 Å². The Bertz CT molecular complexity index is 1110. The summed E-state index contributed by atoms with van der Waals surface area (Å²) in [7, 11) is 0. The van der Waals surface area contributed by atoms with Gasteiger partial charge in [-0.3, -0.25) is 14.8 Å². The van der Waals surface area contributed by atoms with E-state index in [-0.39, 0.29) is 24.8 Å². The molecular weight excluding hydrogens is 456 g/mol. The number of rotatable bonds is 7. The summed E-state index contributed by atoms with van der Waals surface area (Å²) in [5, 5.41) is 11.2. The zero-order valence-electron chi connectivity index (χ0n) is 16.0. The quantitative estimate of drug-likeness (QED) is 0.537. The van der Waals surface area contributed by atoms with Crippen molar-refractivity contribution in [2.75, 3.05) is 5.32 Å². The average molecular weight is 473 g/mol. The van der Waals surface area contributed by atoms with Gasteiger partial charge >= 0.3 is 6.18 Å². The highest BCUT2D eigenvalue weighted by atomic mass is 35.5. The highest BCUT2D eigenvalue weighted by Crippen LogP contribution is 2.42. The Morgan fingerprint density at radius 3 is 2.61 bits per heavy atom. The average Bonchev–Trinajstić information content (AvgIpc) is 3.29. The number of aryl methyl sites for hydroxylation is 1. The highest BCUT2D eigenvalue weighted by molar-refractivity contribution is 6.42. The summed E-state index contributed by atoms with van der Waals surface area (Å²) >= 11 is 11.9. The summed E-state index contributed by atoms with van der Waals surface area (Å²) in [5.74, 6) is -0.243. The molecule has 164 valence electrons. The van der Waals surface area contributed by atoms with Gasteiger partial charge < -0.3 is 0 Å². The van der Waals surface area contributed by atoms with E-state index in [4.69, 9.17) is 23.2 Å². The molecule has 1 aliphatic rings. The maximum Gasteiger partial charge on any atom is 0.435 e. The van der Waals surface area contributed by atoms with Crippen LogP contribution in [0.5, 0.6) is 0 Å². The van der Waals surface area contributed by atoms with E-state index in [9.17, 15) is 18.0 Å². The van der Waals surface area contributed by atoms with Crippen LogP contribution in [0, 0.1) is 0 Å². The number of halogens is 5. The monoisotopic (exact) mass is 472 g/mol. The van der Waals surface area contributed by atoms with Gasteiger partial charge in [0.25, 0.3) is 0 Å². The lowest BCUT2D eigenvalue weighted by molar-refractivity contribution is -0.141. The second-order valence-electron chi connectivity index (χ2n) is 7.26. The zero-order valence-corrected chi connectivity index (χ0v) is 17.5. The first-order valence-corrected chi connectivity index (χ1v) is 10.2. The van der Waals surface area contributed by atoms with Crippen molar-refractivity contribution >= 4 is 35.1 Å². The van der Waals surface area contributed by atoms with Gasteiger partial charge in [-0.25, -0.2) is 9.67 Å². The van der Waals surface area contributed by atoms with Crippen molar-refractivity contribution in [3.05, 3.63) is 57.6 Å². The van der Waals surface area contributed by atoms with E-state index >= 15 is 0 Å². The fourth-order valence-electron chi connectivity index (χ4n) is 3.10. The van der Waals surface area contributed by atoms with Gasteiger partial charge in [-0.2, -0.15) is 18.3 Å². The molecule has 1 saturated carbocycles. The van der Waals surface area contributed by atoms with E-state index in [0.717, 1.165) is 24.5 Å². The Morgan fingerprint density at radius 1 is 1.16 bits per heavy atom. The molecule has 2 aromatic heterocycles. The Kier molecular flexibility index (Phi) is 5.94. The lowest BCUT2D eigenvalue weighted by Crippen LogP contribution is -2.17. The van der Waals surface area contributed by atoms with Crippen molar-refractivity contribution in [2.24, 2.45) is 0 Å². The first-order chi connectivity index (χ1) is 14.7. The first-order valence-electron chi connectivity index (χ1n) is 9.47. The van der Waals surface area contributed by atoms with Crippen LogP contribution in [0.2, 0.25) is 10.0 Å². The molecule has 0 unspecified atom stereocenters. The van der Waals surface area contributed by atoms with Crippen LogP contribution in [-0.4, -0.2) is 30.5 Å². The van der Waals surface area contributed by atoms with Gasteiger partial charge in [-0.05, 0) is 36.6 Å². The third-order valence-electron chi connectivity index (χ3n) is 4.76. The molecule has 4 rings (SSSR count). The van der Waals surface area contributed by atoms with Gasteiger partial charge in [0.2, 0.25) is 11.9 Å². The van der Waals surface area contributed by atoms with Crippen molar-refractivity contribution in [3.63, 3.8) is 0 Å². The summed E-state index contributed by atoms with van der Waals surface area (Å²) in [6.45, 7) is 0.412. The van der Waals surface area contributed by atoms with E-state index in [1.807, 2.05) is 0 Å². The number of benzene rings is 1. The molecule has 2 heterocycles. The predicted octanol–water partition coefficient (Wildman–Crippen LogP) is 4.75. The Labute approximate surface area is 185 Å². The van der Waals surface area contributed by atoms with Crippen molar-refractivity contribution in [2.45, 2.75) is 44.4 Å². The molecule has 0 aliphatic heterocycles. The molecule has 1 N–H and O–H groups in total. The van der Waals surface area contributed by atoms with Crippen LogP contribution in [0.25, 0.3) is 0 Å². The topological polar surface area (TPSA) is 77.6 Å². The van der Waals surface area contributed by atoms with Crippen molar-refractivity contribution in [3.8, 4) is 0 Å². The van der Waals surface area contributed by atoms with Crippen LogP contribution < -0.4 is 5.32 Å². The molecule has 31 heavy (non-hydrogen) atoms. The number of hydrogen-bond acceptors (Lipinski definition) is 4. The molecular formula is C19H17Cl2F3N6O. The van der Waals surface area contributed by atoms with Crippen molar-refractivity contribution in [1.29, 1.82) is 0 Å². The first kappa shape index (κ1) is 21.6. The van der Waals surface area contributed by atoms with Crippen LogP contribution in [-0.2, 0) is 24.1 Å². The molecule has 1 amide bonds. The van der Waals surface area contributed by atoms with Gasteiger partial charge in [-0.15, -0.1) is 5.10 Å². The molecule has 1 fully saturated rings. The molecule has 0 spiro atoms. The summed E-state index contributed by atoms with van der Waals surface area (Å²) < 4.78 is 41.7. The minimum atomic E-state index is -4.51. The van der Waals surface area contributed by atoms with Crippen LogP contribution >= 0.6 is 23.2 Å². The van der Waals surface area contributed by atoms with Gasteiger partial charge in [0.1, 0.15) is 6.33 Å².